The summed E-state index contributed by atoms with van der Waals surface area (Å²) in [4.78, 5) is 32.1. The number of pyridine rings is 1. The highest BCUT2D eigenvalue weighted by atomic mass is 16.4. The number of benzene rings is 1. The number of carboxylic acid groups (broad SMARTS) is 1. The molecule has 26 heavy (non-hydrogen) atoms. The zero-order valence-electron chi connectivity index (χ0n) is 15.2. The highest BCUT2D eigenvalue weighted by Gasteiger charge is 2.39. The van der Waals surface area contributed by atoms with E-state index in [1.165, 1.54) is 4.90 Å². The number of rotatable bonds is 4. The maximum absolute atomic E-state index is 13.2. The SMILES string of the molecule is CC(C)[C@@H](C(=O)O)N(C)C(=O)N1Cc2ccccc2[C@@H]1c1cccnc1. The topological polar surface area (TPSA) is 73.7 Å². The molecule has 0 aliphatic carbocycles. The first kappa shape index (κ1) is 17.9. The summed E-state index contributed by atoms with van der Waals surface area (Å²) in [7, 11) is 1.56. The monoisotopic (exact) mass is 353 g/mol. The van der Waals surface area contributed by atoms with Gasteiger partial charge in [-0.15, -0.1) is 0 Å². The van der Waals surface area contributed by atoms with Gasteiger partial charge in [0.1, 0.15) is 6.04 Å². The highest BCUT2D eigenvalue weighted by molar-refractivity contribution is 5.83. The zero-order chi connectivity index (χ0) is 18.8. The highest BCUT2D eigenvalue weighted by Crippen LogP contribution is 2.39. The molecular formula is C20H23N3O3. The fourth-order valence-corrected chi connectivity index (χ4v) is 3.68. The first-order valence-corrected chi connectivity index (χ1v) is 8.65. The standard InChI is InChI=1S/C20H23N3O3/c1-13(2)17(19(24)25)22(3)20(26)23-12-15-7-4-5-9-16(15)18(23)14-8-6-10-21-11-14/h4-11,13,17-18H,12H2,1-3H3,(H,24,25)/t17-,18-/m0/s1. The average Bonchev–Trinajstić information content (AvgIpc) is 3.00. The normalized spacial score (nSPS) is 17.1. The third-order valence-corrected chi connectivity index (χ3v) is 4.85. The lowest BCUT2D eigenvalue weighted by Gasteiger charge is -2.34. The number of likely N-dealkylation sites (N-methyl/N-ethyl adjacent to an activating group) is 1. The minimum Gasteiger partial charge on any atom is -0.480 e. The van der Waals surface area contributed by atoms with Gasteiger partial charge >= 0.3 is 12.0 Å². The average molecular weight is 353 g/mol. The molecule has 2 amide bonds. The number of amides is 2. The molecular weight excluding hydrogens is 330 g/mol. The Morgan fingerprint density at radius 3 is 2.58 bits per heavy atom. The molecule has 3 rings (SSSR count). The third-order valence-electron chi connectivity index (χ3n) is 4.85. The predicted octanol–water partition coefficient (Wildman–Crippen LogP) is 3.15. The summed E-state index contributed by atoms with van der Waals surface area (Å²) in [6.45, 7) is 4.06. The molecule has 0 unspecified atom stereocenters. The summed E-state index contributed by atoms with van der Waals surface area (Å²) in [6.07, 6.45) is 3.45. The van der Waals surface area contributed by atoms with Crippen molar-refractivity contribution in [3.05, 3.63) is 65.5 Å². The second-order valence-corrected chi connectivity index (χ2v) is 6.94. The van der Waals surface area contributed by atoms with Gasteiger partial charge in [0.05, 0.1) is 6.04 Å². The number of carbonyl (C=O) groups excluding carboxylic acids is 1. The maximum Gasteiger partial charge on any atom is 0.326 e. The summed E-state index contributed by atoms with van der Waals surface area (Å²) in [5.41, 5.74) is 3.04. The van der Waals surface area contributed by atoms with Crippen molar-refractivity contribution >= 4 is 12.0 Å². The van der Waals surface area contributed by atoms with Gasteiger partial charge in [0.2, 0.25) is 0 Å². The molecule has 1 aromatic heterocycles. The Bertz CT molecular complexity index is 807. The Morgan fingerprint density at radius 2 is 1.96 bits per heavy atom. The van der Waals surface area contributed by atoms with Crippen LogP contribution < -0.4 is 0 Å². The minimum absolute atomic E-state index is 0.191. The molecule has 6 nitrogen and oxygen atoms in total. The number of carbonyl (C=O) groups is 2. The van der Waals surface area contributed by atoms with Crippen molar-refractivity contribution in [2.45, 2.75) is 32.5 Å². The van der Waals surface area contributed by atoms with Gasteiger partial charge in [-0.05, 0) is 28.7 Å². The van der Waals surface area contributed by atoms with Crippen molar-refractivity contribution in [3.8, 4) is 0 Å². The predicted molar refractivity (Wildman–Crippen MR) is 97.5 cm³/mol. The van der Waals surface area contributed by atoms with Gasteiger partial charge in [-0.3, -0.25) is 4.98 Å². The first-order chi connectivity index (χ1) is 12.4. The first-order valence-electron chi connectivity index (χ1n) is 8.65. The van der Waals surface area contributed by atoms with Crippen LogP contribution in [0.1, 0.15) is 36.6 Å². The van der Waals surface area contributed by atoms with Crippen LogP contribution in [0.25, 0.3) is 0 Å². The Hall–Kier alpha value is -2.89. The second kappa shape index (κ2) is 7.15. The molecule has 0 spiro atoms. The van der Waals surface area contributed by atoms with Crippen LogP contribution in [0.15, 0.2) is 48.8 Å². The molecule has 136 valence electrons. The van der Waals surface area contributed by atoms with Crippen LogP contribution in [0.2, 0.25) is 0 Å². The van der Waals surface area contributed by atoms with Crippen molar-refractivity contribution in [3.63, 3.8) is 0 Å². The molecule has 2 atom stereocenters. The van der Waals surface area contributed by atoms with E-state index in [1.54, 1.807) is 38.2 Å². The Labute approximate surface area is 153 Å². The smallest absolute Gasteiger partial charge is 0.326 e. The van der Waals surface area contributed by atoms with E-state index >= 15 is 0 Å². The number of aromatic nitrogens is 1. The molecule has 0 fully saturated rings. The number of aliphatic carboxylic acids is 1. The molecule has 0 bridgehead atoms. The van der Waals surface area contributed by atoms with E-state index in [0.29, 0.717) is 6.54 Å². The van der Waals surface area contributed by atoms with Crippen molar-refractivity contribution < 1.29 is 14.7 Å². The van der Waals surface area contributed by atoms with Crippen LogP contribution in [0.5, 0.6) is 0 Å². The number of carboxylic acids is 1. The Morgan fingerprint density at radius 1 is 1.23 bits per heavy atom. The molecule has 1 aromatic carbocycles. The van der Waals surface area contributed by atoms with Gasteiger partial charge in [-0.2, -0.15) is 0 Å². The summed E-state index contributed by atoms with van der Waals surface area (Å²) in [5, 5.41) is 9.54. The lowest BCUT2D eigenvalue weighted by Crippen LogP contribution is -2.50. The van der Waals surface area contributed by atoms with E-state index in [1.807, 2.05) is 36.4 Å². The summed E-state index contributed by atoms with van der Waals surface area (Å²) >= 11 is 0. The minimum atomic E-state index is -0.995. The van der Waals surface area contributed by atoms with Gasteiger partial charge in [0, 0.05) is 26.0 Å². The number of fused-ring (bicyclic) bond motifs is 1. The van der Waals surface area contributed by atoms with E-state index in [-0.39, 0.29) is 18.0 Å². The van der Waals surface area contributed by atoms with E-state index in [4.69, 9.17) is 0 Å². The molecule has 2 heterocycles. The van der Waals surface area contributed by atoms with E-state index in [2.05, 4.69) is 4.98 Å². The largest absolute Gasteiger partial charge is 0.480 e. The number of urea groups is 1. The van der Waals surface area contributed by atoms with Gasteiger partial charge in [-0.25, -0.2) is 9.59 Å². The molecule has 1 aliphatic heterocycles. The summed E-state index contributed by atoms with van der Waals surface area (Å²) in [5.74, 6) is -1.19. The summed E-state index contributed by atoms with van der Waals surface area (Å²) < 4.78 is 0. The molecule has 1 N–H and O–H groups in total. The van der Waals surface area contributed by atoms with Gasteiger partial charge in [0.25, 0.3) is 0 Å². The summed E-state index contributed by atoms with van der Waals surface area (Å²) in [6, 6.07) is 10.3. The fourth-order valence-electron chi connectivity index (χ4n) is 3.68. The number of nitrogens with zero attached hydrogens (tertiary/aromatic N) is 3. The quantitative estimate of drug-likeness (QED) is 0.916. The Balaban J connectivity index is 1.98. The Kier molecular flexibility index (Phi) is 4.93. The van der Waals surface area contributed by atoms with Crippen molar-refractivity contribution in [2.24, 2.45) is 5.92 Å². The van der Waals surface area contributed by atoms with Gasteiger partial charge in [0.15, 0.2) is 0 Å². The number of hydrogen-bond donors (Lipinski definition) is 1. The molecule has 0 saturated heterocycles. The van der Waals surface area contributed by atoms with E-state index in [9.17, 15) is 14.7 Å². The lowest BCUT2D eigenvalue weighted by molar-refractivity contribution is -0.143. The molecule has 1 aliphatic rings. The van der Waals surface area contributed by atoms with Crippen LogP contribution in [0, 0.1) is 5.92 Å². The van der Waals surface area contributed by atoms with Crippen molar-refractivity contribution in [2.75, 3.05) is 7.05 Å². The second-order valence-electron chi connectivity index (χ2n) is 6.94. The third kappa shape index (κ3) is 3.14. The fraction of sp³-hybridized carbons (Fsp3) is 0.350. The van der Waals surface area contributed by atoms with E-state index < -0.39 is 12.0 Å². The van der Waals surface area contributed by atoms with E-state index in [0.717, 1.165) is 16.7 Å². The lowest BCUT2D eigenvalue weighted by atomic mass is 9.99. The van der Waals surface area contributed by atoms with Crippen molar-refractivity contribution in [1.29, 1.82) is 0 Å². The van der Waals surface area contributed by atoms with Crippen LogP contribution in [0.4, 0.5) is 4.79 Å². The number of hydrogen-bond acceptors (Lipinski definition) is 3. The van der Waals surface area contributed by atoms with Gasteiger partial charge in [-0.1, -0.05) is 44.2 Å². The van der Waals surface area contributed by atoms with Crippen LogP contribution in [0.3, 0.4) is 0 Å². The van der Waals surface area contributed by atoms with Crippen molar-refractivity contribution in [1.82, 2.24) is 14.8 Å². The molecule has 0 saturated carbocycles. The zero-order valence-corrected chi connectivity index (χ0v) is 15.2. The van der Waals surface area contributed by atoms with Crippen LogP contribution in [-0.4, -0.2) is 45.0 Å². The maximum atomic E-state index is 13.2. The van der Waals surface area contributed by atoms with Crippen LogP contribution in [-0.2, 0) is 11.3 Å². The molecule has 0 radical (unpaired) electrons. The van der Waals surface area contributed by atoms with Crippen LogP contribution >= 0.6 is 0 Å². The molecule has 6 heteroatoms. The molecule has 2 aromatic rings. The van der Waals surface area contributed by atoms with Gasteiger partial charge < -0.3 is 14.9 Å².